The molecular weight excluding hydrogens is 1660 g/mol. The molecule has 23 aromatic rings. The van der Waals surface area contributed by atoms with Crippen molar-refractivity contribution in [3.63, 3.8) is 0 Å². The quantitative estimate of drug-likeness (QED) is 0.136. The molecule has 1 saturated heterocycles. The summed E-state index contributed by atoms with van der Waals surface area (Å²) in [4.78, 5) is 29.6. The van der Waals surface area contributed by atoms with Gasteiger partial charge < -0.3 is 22.7 Å². The molecule has 0 amide bonds. The monoisotopic (exact) mass is 1750 g/mol. The van der Waals surface area contributed by atoms with E-state index in [-0.39, 0.29) is 14.3 Å². The van der Waals surface area contributed by atoms with Crippen LogP contribution in [0.1, 0.15) is 92.2 Å². The van der Waals surface area contributed by atoms with Crippen LogP contribution in [0.3, 0.4) is 0 Å². The first kappa shape index (κ1) is 80.2. The number of hydrogen-bond donors (Lipinski definition) is 0. The van der Waals surface area contributed by atoms with Gasteiger partial charge in [0.25, 0.3) is 0 Å². The average Bonchev–Trinajstić information content (AvgIpc) is 1.51. The van der Waals surface area contributed by atoms with Gasteiger partial charge in [0.05, 0.1) is 38.8 Å². The van der Waals surface area contributed by atoms with Crippen LogP contribution in [0.4, 0.5) is 0 Å². The number of furan rings is 2. The van der Waals surface area contributed by atoms with Gasteiger partial charge in [-0.1, -0.05) is 359 Å². The summed E-state index contributed by atoms with van der Waals surface area (Å²) < 4.78 is 29.2. The highest BCUT2D eigenvalue weighted by atomic mass is 16.7. The van der Waals surface area contributed by atoms with E-state index in [0.717, 1.165) is 117 Å². The zero-order valence-electron chi connectivity index (χ0n) is 74.3. The van der Waals surface area contributed by atoms with Gasteiger partial charge in [-0.05, 0) is 206 Å². The molecule has 0 N–H and O–H groups in total. The molecular formula is C124H88BN7O4. The second-order valence-corrected chi connectivity index (χ2v) is 37.1. The minimum atomic E-state index is -0.489. The van der Waals surface area contributed by atoms with Crippen molar-refractivity contribution < 1.29 is 19.6 Å². The Labute approximate surface area is 788 Å². The Morgan fingerprint density at radius 2 is 0.588 bits per heavy atom. The molecule has 646 valence electrons. The van der Waals surface area contributed by atoms with Gasteiger partial charge >= 0.3 is 7.12 Å². The van der Waals surface area contributed by atoms with E-state index in [4.69, 9.17) is 48.0 Å². The van der Waals surface area contributed by atoms with Gasteiger partial charge in [0.2, 0.25) is 0 Å². The van der Waals surface area contributed by atoms with Crippen LogP contribution in [-0.2, 0) is 26.6 Å². The number of fused-ring (bicyclic) bond motifs is 32. The third kappa shape index (κ3) is 12.0. The first-order valence-corrected chi connectivity index (χ1v) is 46.3. The van der Waals surface area contributed by atoms with Crippen LogP contribution in [0.25, 0.3) is 195 Å². The predicted molar refractivity (Wildman–Crippen MR) is 553 cm³/mol. The van der Waals surface area contributed by atoms with Crippen molar-refractivity contribution in [2.24, 2.45) is 0 Å². The Balaban J connectivity index is 0.000000116. The Kier molecular flexibility index (Phi) is 18.1. The Morgan fingerprint density at radius 3 is 1.04 bits per heavy atom. The molecule has 0 unspecified atom stereocenters. The van der Waals surface area contributed by atoms with Gasteiger partial charge in [0.1, 0.15) is 16.7 Å². The van der Waals surface area contributed by atoms with Crippen LogP contribution in [0.2, 0.25) is 0 Å². The summed E-state index contributed by atoms with van der Waals surface area (Å²) in [7, 11) is -0.489. The molecule has 6 aliphatic rings. The summed E-state index contributed by atoms with van der Waals surface area (Å²) in [5.41, 5.74) is 37.7. The van der Waals surface area contributed by atoms with Gasteiger partial charge in [-0.15, -0.1) is 0 Å². The number of hydrogen-bond acceptors (Lipinski definition) is 10. The van der Waals surface area contributed by atoms with Gasteiger partial charge in [-0.2, -0.15) is 0 Å². The van der Waals surface area contributed by atoms with E-state index in [1.165, 1.54) is 111 Å². The molecule has 0 radical (unpaired) electrons. The smallest absolute Gasteiger partial charge is 0.456 e. The third-order valence-corrected chi connectivity index (χ3v) is 29.4. The summed E-state index contributed by atoms with van der Waals surface area (Å²) in [6, 6.07) is 147. The van der Waals surface area contributed by atoms with E-state index >= 15 is 0 Å². The summed E-state index contributed by atoms with van der Waals surface area (Å²) >= 11 is 0. The average molecular weight is 1750 g/mol. The van der Waals surface area contributed by atoms with Crippen LogP contribution in [0.15, 0.2) is 421 Å². The zero-order valence-corrected chi connectivity index (χ0v) is 74.3. The Hall–Kier alpha value is -16.6. The normalized spacial score (nSPS) is 14.4. The lowest BCUT2D eigenvalue weighted by atomic mass is 9.70. The largest absolute Gasteiger partial charge is 0.498 e. The molecule has 0 atom stereocenters. The summed E-state index contributed by atoms with van der Waals surface area (Å²) in [5.74, 6) is 3.97. The molecule has 1 aliphatic heterocycles. The lowest BCUT2D eigenvalue weighted by Crippen LogP contribution is -2.41. The van der Waals surface area contributed by atoms with Crippen molar-refractivity contribution in [2.45, 2.75) is 63.6 Å². The van der Waals surface area contributed by atoms with Gasteiger partial charge in [-0.3, -0.25) is 0 Å². The molecule has 136 heavy (non-hydrogen) atoms. The SMILES string of the molecule is C.CC1(C)OB(c2cccc3c2oc2cc4c(cc23)-c2ccccc2C42c3ccccc3-c3ccccc32)OC1(C)C.[HH].c1ccc(-c2nc(-c3ccccc3)nc(-c3ccc4c(c3)-c3ccccc3C4)n2)cc1.c1ccc(-c2nc(-c3ccccc3)nc(-c3ccc4c(c3)c3ccccc3n4-c3cccc4c3oc3cc5c(cc34)-c3ccccc3C53c4ccccc4-c4ccccc43)n2)cc1. The van der Waals surface area contributed by atoms with Crippen LogP contribution in [-0.4, -0.2) is 52.8 Å². The maximum Gasteiger partial charge on any atom is 0.498 e. The van der Waals surface area contributed by atoms with Crippen LogP contribution in [0, 0.1) is 0 Å². The second kappa shape index (κ2) is 30.7. The molecule has 0 saturated carbocycles. The molecule has 1 fully saturated rings. The topological polar surface area (TPSA) is 127 Å². The van der Waals surface area contributed by atoms with Gasteiger partial charge in [-0.25, -0.2) is 29.9 Å². The number of rotatable bonds is 8. The van der Waals surface area contributed by atoms with E-state index in [1.54, 1.807) is 0 Å². The standard InChI is InChI=1S/C58H34N4O.C37H29BO3.C28H19N3.CH4.H2/c1-3-16-35(17-4-1)55-59-56(36-18-5-2-6-19-36)61-57(60-55)37-30-31-51-44(32-37)41-23-10-14-28-50(41)62(51)52-29-15-24-42-45-33-43-40-22-9-13-27-48(40)58(49(43)34-53(45)63-54(42)52)46-25-11-7-20-38(46)39-21-8-12-26-47(39)58;1-35(2)36(3,4)41-38(40-35)32-19-11-15-25-27-20-26-24-14-7-10-18-30(24)37(31(26)21-33(27)39-34(25)32)28-16-8-5-12-22(28)23-13-6-9-17-29(23)37;1-3-9-19(10-4-1)26-29-27(20-11-5-2-6-12-20)31-28(30-26)23-16-15-22-17-21-13-7-8-14-24(21)25(22)18-23;;/h1-34H;5-21H,1-4H3;1-16,18H,17H2;1H4;1H. The Morgan fingerprint density at radius 1 is 0.250 bits per heavy atom. The number of aromatic nitrogens is 7. The highest BCUT2D eigenvalue weighted by Gasteiger charge is 2.55. The number of benzene rings is 18. The van der Waals surface area contributed by atoms with Crippen molar-refractivity contribution >= 4 is 78.3 Å². The van der Waals surface area contributed by atoms with Crippen molar-refractivity contribution in [3.05, 3.63) is 468 Å². The van der Waals surface area contributed by atoms with E-state index in [9.17, 15) is 0 Å². The molecule has 0 bridgehead atoms. The fourth-order valence-corrected chi connectivity index (χ4v) is 22.6. The highest BCUT2D eigenvalue weighted by molar-refractivity contribution is 6.65. The van der Waals surface area contributed by atoms with Crippen LogP contribution < -0.4 is 5.46 Å². The van der Waals surface area contributed by atoms with E-state index in [2.05, 4.69) is 323 Å². The van der Waals surface area contributed by atoms with Crippen molar-refractivity contribution in [1.82, 2.24) is 34.5 Å². The molecule has 18 aromatic carbocycles. The van der Waals surface area contributed by atoms with Crippen molar-refractivity contribution in [2.75, 3.05) is 0 Å². The van der Waals surface area contributed by atoms with Gasteiger partial charge in [0, 0.05) is 72.6 Å². The molecule has 11 nitrogen and oxygen atoms in total. The van der Waals surface area contributed by atoms with E-state index < -0.39 is 23.7 Å². The highest BCUT2D eigenvalue weighted by Crippen LogP contribution is 2.66. The second-order valence-electron chi connectivity index (χ2n) is 37.1. The fourth-order valence-electron chi connectivity index (χ4n) is 22.6. The predicted octanol–water partition coefficient (Wildman–Crippen LogP) is 29.8. The van der Waals surface area contributed by atoms with Crippen molar-refractivity contribution in [3.8, 4) is 130 Å². The van der Waals surface area contributed by atoms with E-state index in [0.29, 0.717) is 34.9 Å². The van der Waals surface area contributed by atoms with Crippen LogP contribution in [0.5, 0.6) is 0 Å². The van der Waals surface area contributed by atoms with Crippen LogP contribution >= 0.6 is 0 Å². The van der Waals surface area contributed by atoms with E-state index in [1.807, 2.05) is 121 Å². The Bertz CT molecular complexity index is 8670. The lowest BCUT2D eigenvalue weighted by Gasteiger charge is -2.32. The third-order valence-electron chi connectivity index (χ3n) is 29.4. The van der Waals surface area contributed by atoms with Gasteiger partial charge in [0.15, 0.2) is 40.5 Å². The maximum absolute atomic E-state index is 7.16. The summed E-state index contributed by atoms with van der Waals surface area (Å²) in [6.45, 7) is 8.35. The molecule has 6 heterocycles. The fraction of sp³-hybridized carbons (Fsp3) is 0.0806. The summed E-state index contributed by atoms with van der Waals surface area (Å²) in [6.07, 6.45) is 0.980. The molecule has 29 rings (SSSR count). The molecule has 2 spiro atoms. The molecule has 5 aromatic heterocycles. The van der Waals surface area contributed by atoms with Crippen molar-refractivity contribution in [1.29, 1.82) is 0 Å². The first-order valence-electron chi connectivity index (χ1n) is 46.3. The number of nitrogens with zero attached hydrogens (tertiary/aromatic N) is 7. The first-order chi connectivity index (χ1) is 66.4. The number of para-hydroxylation sites is 3. The lowest BCUT2D eigenvalue weighted by molar-refractivity contribution is 0.00578. The molecule has 12 heteroatoms. The molecule has 5 aliphatic carbocycles. The maximum atomic E-state index is 7.16. The minimum absolute atomic E-state index is 0. The zero-order chi connectivity index (χ0) is 89.6. The summed E-state index contributed by atoms with van der Waals surface area (Å²) in [5, 5.41) is 6.64. The minimum Gasteiger partial charge on any atom is -0.456 e.